The highest BCUT2D eigenvalue weighted by Crippen LogP contribution is 2.17. The first-order valence-electron chi connectivity index (χ1n) is 5.40. The summed E-state index contributed by atoms with van der Waals surface area (Å²) in [6, 6.07) is 7.23. The maximum absolute atomic E-state index is 11.4. The molecule has 0 radical (unpaired) electrons. The van der Waals surface area contributed by atoms with E-state index in [9.17, 15) is 4.79 Å². The molecule has 0 heterocycles. The summed E-state index contributed by atoms with van der Waals surface area (Å²) < 4.78 is 6.36. The van der Waals surface area contributed by atoms with Crippen LogP contribution < -0.4 is 10.1 Å². The molecule has 17 heavy (non-hydrogen) atoms. The van der Waals surface area contributed by atoms with Crippen molar-refractivity contribution < 1.29 is 14.6 Å². The first kappa shape index (κ1) is 14.0. The molecule has 0 saturated carbocycles. The van der Waals surface area contributed by atoms with Crippen LogP contribution in [-0.4, -0.2) is 30.3 Å². The Balaban J connectivity index is 2.26. The molecule has 0 unspecified atom stereocenters. The van der Waals surface area contributed by atoms with Gasteiger partial charge in [0.2, 0.25) is 5.91 Å². The third-order valence-electron chi connectivity index (χ3n) is 2.08. The maximum atomic E-state index is 11.4. The van der Waals surface area contributed by atoms with Gasteiger partial charge in [-0.2, -0.15) is 0 Å². The van der Waals surface area contributed by atoms with Crippen LogP contribution in [0.5, 0.6) is 5.75 Å². The number of benzene rings is 1. The molecule has 0 fully saturated rings. The molecular formula is C12H16BrNO3. The van der Waals surface area contributed by atoms with Gasteiger partial charge in [-0.15, -0.1) is 0 Å². The molecule has 0 spiro atoms. The quantitative estimate of drug-likeness (QED) is 0.841. The van der Waals surface area contributed by atoms with Crippen molar-refractivity contribution in [2.75, 3.05) is 13.2 Å². The van der Waals surface area contributed by atoms with Crippen molar-refractivity contribution in [1.82, 2.24) is 5.32 Å². The van der Waals surface area contributed by atoms with E-state index < -0.39 is 0 Å². The van der Waals surface area contributed by atoms with Gasteiger partial charge in [0, 0.05) is 10.5 Å². The molecule has 0 aliphatic rings. The van der Waals surface area contributed by atoms with Crippen molar-refractivity contribution in [2.24, 2.45) is 0 Å². The molecule has 0 bridgehead atoms. The molecule has 1 amide bonds. The number of rotatable bonds is 6. The Kier molecular flexibility index (Phi) is 6.00. The summed E-state index contributed by atoms with van der Waals surface area (Å²) in [5.74, 6) is 0.601. The second kappa shape index (κ2) is 7.29. The third kappa shape index (κ3) is 5.70. The van der Waals surface area contributed by atoms with Crippen molar-refractivity contribution in [2.45, 2.75) is 19.4 Å². The molecule has 1 aromatic carbocycles. The Labute approximate surface area is 109 Å². The lowest BCUT2D eigenvalue weighted by atomic mass is 10.3. The molecule has 0 aromatic heterocycles. The SMILES string of the molecule is C[C@@H](CO)NC(=O)CCOc1cccc(Br)c1. The van der Waals surface area contributed by atoms with Crippen LogP contribution in [-0.2, 0) is 4.79 Å². The number of hydrogen-bond donors (Lipinski definition) is 2. The van der Waals surface area contributed by atoms with E-state index >= 15 is 0 Å². The van der Waals surface area contributed by atoms with Crippen LogP contribution in [0.2, 0.25) is 0 Å². The number of amides is 1. The zero-order valence-corrected chi connectivity index (χ0v) is 11.2. The molecule has 4 nitrogen and oxygen atoms in total. The molecule has 0 saturated heterocycles. The van der Waals surface area contributed by atoms with Crippen molar-refractivity contribution in [3.63, 3.8) is 0 Å². The minimum Gasteiger partial charge on any atom is -0.493 e. The fourth-order valence-corrected chi connectivity index (χ4v) is 1.59. The van der Waals surface area contributed by atoms with Gasteiger partial charge < -0.3 is 15.2 Å². The van der Waals surface area contributed by atoms with Crippen LogP contribution in [0.25, 0.3) is 0 Å². The van der Waals surface area contributed by atoms with Crippen molar-refractivity contribution in [3.8, 4) is 5.75 Å². The Morgan fingerprint density at radius 1 is 1.59 bits per heavy atom. The number of nitrogens with one attached hydrogen (secondary N) is 1. The molecule has 1 aromatic rings. The van der Waals surface area contributed by atoms with E-state index in [2.05, 4.69) is 21.2 Å². The van der Waals surface area contributed by atoms with E-state index in [4.69, 9.17) is 9.84 Å². The Hall–Kier alpha value is -1.07. The van der Waals surface area contributed by atoms with Gasteiger partial charge in [0.15, 0.2) is 0 Å². The van der Waals surface area contributed by atoms with E-state index in [-0.39, 0.29) is 25.0 Å². The first-order valence-corrected chi connectivity index (χ1v) is 6.19. The second-order valence-electron chi connectivity index (χ2n) is 3.71. The molecule has 0 aliphatic carbocycles. The van der Waals surface area contributed by atoms with Gasteiger partial charge in [0.05, 0.1) is 19.6 Å². The van der Waals surface area contributed by atoms with Crippen LogP contribution in [0.15, 0.2) is 28.7 Å². The largest absolute Gasteiger partial charge is 0.493 e. The number of aliphatic hydroxyl groups excluding tert-OH is 1. The van der Waals surface area contributed by atoms with E-state index in [1.54, 1.807) is 6.92 Å². The number of ether oxygens (including phenoxy) is 1. The maximum Gasteiger partial charge on any atom is 0.223 e. The van der Waals surface area contributed by atoms with Crippen LogP contribution in [0, 0.1) is 0 Å². The summed E-state index contributed by atoms with van der Waals surface area (Å²) in [4.78, 5) is 11.4. The zero-order chi connectivity index (χ0) is 12.7. The summed E-state index contributed by atoms with van der Waals surface area (Å²) in [5.41, 5.74) is 0. The van der Waals surface area contributed by atoms with Crippen LogP contribution in [0.1, 0.15) is 13.3 Å². The molecule has 2 N–H and O–H groups in total. The predicted octanol–water partition coefficient (Wildman–Crippen LogP) is 1.71. The van der Waals surface area contributed by atoms with Crippen LogP contribution in [0.4, 0.5) is 0 Å². The third-order valence-corrected chi connectivity index (χ3v) is 2.57. The summed E-state index contributed by atoms with van der Waals surface area (Å²) in [7, 11) is 0. The monoisotopic (exact) mass is 301 g/mol. The summed E-state index contributed by atoms with van der Waals surface area (Å²) in [6.07, 6.45) is 0.275. The fraction of sp³-hybridized carbons (Fsp3) is 0.417. The topological polar surface area (TPSA) is 58.6 Å². The standard InChI is InChI=1S/C12H16BrNO3/c1-9(8-15)14-12(16)5-6-17-11-4-2-3-10(13)7-11/h2-4,7,9,15H,5-6,8H2,1H3,(H,14,16)/t9-/m0/s1. The minimum absolute atomic E-state index is 0.0573. The predicted molar refractivity (Wildman–Crippen MR) is 68.9 cm³/mol. The number of halogens is 1. The first-order chi connectivity index (χ1) is 8.11. The van der Waals surface area contributed by atoms with Crippen molar-refractivity contribution in [3.05, 3.63) is 28.7 Å². The molecule has 94 valence electrons. The van der Waals surface area contributed by atoms with Crippen LogP contribution in [0.3, 0.4) is 0 Å². The average Bonchev–Trinajstić information content (AvgIpc) is 2.29. The molecular weight excluding hydrogens is 286 g/mol. The second-order valence-corrected chi connectivity index (χ2v) is 4.62. The number of carbonyl (C=O) groups excluding carboxylic acids is 1. The lowest BCUT2D eigenvalue weighted by Crippen LogP contribution is -2.35. The Morgan fingerprint density at radius 3 is 3.00 bits per heavy atom. The van der Waals surface area contributed by atoms with E-state index in [0.717, 1.165) is 10.2 Å². The Bertz CT molecular complexity index is 371. The number of aliphatic hydroxyl groups is 1. The van der Waals surface area contributed by atoms with Gasteiger partial charge in [0.1, 0.15) is 5.75 Å². The Morgan fingerprint density at radius 2 is 2.35 bits per heavy atom. The highest BCUT2D eigenvalue weighted by atomic mass is 79.9. The van der Waals surface area contributed by atoms with Gasteiger partial charge in [-0.1, -0.05) is 22.0 Å². The molecule has 1 rings (SSSR count). The fourth-order valence-electron chi connectivity index (χ4n) is 1.21. The van der Waals surface area contributed by atoms with E-state index in [0.29, 0.717) is 6.61 Å². The summed E-state index contributed by atoms with van der Waals surface area (Å²) in [6.45, 7) is 2.01. The zero-order valence-electron chi connectivity index (χ0n) is 9.65. The summed E-state index contributed by atoms with van der Waals surface area (Å²) >= 11 is 3.34. The summed E-state index contributed by atoms with van der Waals surface area (Å²) in [5, 5.41) is 11.4. The van der Waals surface area contributed by atoms with E-state index in [1.807, 2.05) is 24.3 Å². The van der Waals surface area contributed by atoms with Gasteiger partial charge in [-0.25, -0.2) is 0 Å². The molecule has 5 heteroatoms. The lowest BCUT2D eigenvalue weighted by Gasteiger charge is -2.11. The minimum atomic E-state index is -0.214. The normalized spacial score (nSPS) is 11.9. The lowest BCUT2D eigenvalue weighted by molar-refractivity contribution is -0.122. The molecule has 0 aliphatic heterocycles. The smallest absolute Gasteiger partial charge is 0.223 e. The van der Waals surface area contributed by atoms with Gasteiger partial charge in [-0.05, 0) is 25.1 Å². The number of hydrogen-bond acceptors (Lipinski definition) is 3. The van der Waals surface area contributed by atoms with Gasteiger partial charge >= 0.3 is 0 Å². The van der Waals surface area contributed by atoms with Gasteiger partial charge in [-0.3, -0.25) is 4.79 Å². The van der Waals surface area contributed by atoms with Crippen molar-refractivity contribution in [1.29, 1.82) is 0 Å². The highest BCUT2D eigenvalue weighted by Gasteiger charge is 2.06. The average molecular weight is 302 g/mol. The van der Waals surface area contributed by atoms with Gasteiger partial charge in [0.25, 0.3) is 0 Å². The van der Waals surface area contributed by atoms with E-state index in [1.165, 1.54) is 0 Å². The number of carbonyl (C=O) groups is 1. The molecule has 1 atom stereocenters. The highest BCUT2D eigenvalue weighted by molar-refractivity contribution is 9.10. The van der Waals surface area contributed by atoms with Crippen LogP contribution >= 0.6 is 15.9 Å². The van der Waals surface area contributed by atoms with Crippen molar-refractivity contribution >= 4 is 21.8 Å².